The van der Waals surface area contributed by atoms with E-state index < -0.39 is 104 Å². The Bertz CT molecular complexity index is 2860. The fourth-order valence-electron chi connectivity index (χ4n) is 7.70. The summed E-state index contributed by atoms with van der Waals surface area (Å²) in [5.74, 6) is -2.66. The number of carbonyl (C=O) groups is 6. The number of alkyl carbamates (subject to hydrolysis) is 2. The van der Waals surface area contributed by atoms with Crippen LogP contribution in [-0.2, 0) is 72.4 Å². The minimum atomic E-state index is -5.13. The number of nitrogens with one attached hydrogen (secondary N) is 4. The van der Waals surface area contributed by atoms with Gasteiger partial charge in [-0.1, -0.05) is 11.2 Å². The number of hydrogen-bond donors (Lipinski definition) is 6. The number of ether oxygens (including phenoxy) is 5. The van der Waals surface area contributed by atoms with Crippen molar-refractivity contribution in [2.24, 2.45) is 5.16 Å². The van der Waals surface area contributed by atoms with Crippen LogP contribution in [0.5, 0.6) is 5.75 Å². The van der Waals surface area contributed by atoms with Gasteiger partial charge in [0.15, 0.2) is 23.5 Å². The Kier molecular flexibility index (Phi) is 19.0. The Labute approximate surface area is 457 Å². The van der Waals surface area contributed by atoms with Crippen LogP contribution in [0.3, 0.4) is 0 Å². The molecule has 0 bridgehead atoms. The van der Waals surface area contributed by atoms with Crippen LogP contribution in [0.25, 0.3) is 11.1 Å². The normalized spacial score (nSPS) is 17.9. The molecule has 28 heteroatoms. The first-order valence-electron chi connectivity index (χ1n) is 25.0. The number of anilines is 1. The molecule has 5 rings (SSSR count). The molecule has 0 radical (unpaired) electrons. The molecule has 1 saturated heterocycles. The summed E-state index contributed by atoms with van der Waals surface area (Å²) in [5, 5.41) is 27.2. The number of amides is 5. The van der Waals surface area contributed by atoms with Crippen molar-refractivity contribution in [1.29, 1.82) is 0 Å². The van der Waals surface area contributed by atoms with Crippen molar-refractivity contribution in [2.45, 2.75) is 188 Å². The molecule has 2 aromatic heterocycles. The molecule has 4 atom stereocenters. The number of aryl methyl sites for hydroxylation is 2. The van der Waals surface area contributed by atoms with Crippen molar-refractivity contribution in [2.75, 3.05) is 18.4 Å². The molecule has 432 valence electrons. The third-order valence-electron chi connectivity index (χ3n) is 11.2. The number of thiazole rings is 1. The van der Waals surface area contributed by atoms with Crippen LogP contribution >= 0.6 is 11.3 Å². The van der Waals surface area contributed by atoms with E-state index in [4.69, 9.17) is 28.5 Å². The summed E-state index contributed by atoms with van der Waals surface area (Å²) in [7, 11) is -5.13. The van der Waals surface area contributed by atoms with Gasteiger partial charge in [0.1, 0.15) is 46.0 Å². The summed E-state index contributed by atoms with van der Waals surface area (Å²) in [5.41, 5.74) is -5.44. The lowest BCUT2D eigenvalue weighted by Crippen LogP contribution is -2.76. The zero-order valence-electron chi connectivity index (χ0n) is 46.7. The molecule has 6 N–H and O–H groups in total. The molecule has 3 aromatic rings. The standard InChI is InChI=1S/C50H73N9O17S2/c1-45(2,3)71-40(63)50(15,75-56-36(33-28-77-41(53-33)55-44(66)74-48(10,11)12)38(61)54-37-39(62)59(49(37,13)14)76-78(67,68)69)35-20-18-30-23-29(17-19-34(30)70-35)31-25-57(22-16-21-51-42(64)72-46(4,5)6)58(26-31)27-32(60)24-52-43(65)73-47(7,8)9/h17,19,23,25-26,28,32,35,37,60H,16,18,20-22,24,27H2,1-15H3,(H4-,51,52,53,54,55,61,64,65,66,67,68,69)/p+1/b56-36-/t32-,35+,37+,50-/m0/s1. The molecule has 0 spiro atoms. The maximum atomic E-state index is 14.3. The molecule has 2 aliphatic heterocycles. The maximum absolute atomic E-state index is 14.3. The lowest BCUT2D eigenvalue weighted by atomic mass is 9.84. The van der Waals surface area contributed by atoms with Gasteiger partial charge in [-0.2, -0.15) is 18.2 Å². The molecule has 1 aromatic carbocycles. The van der Waals surface area contributed by atoms with E-state index in [9.17, 15) is 46.8 Å². The zero-order chi connectivity index (χ0) is 58.6. The molecule has 2 aliphatic rings. The first-order valence-corrected chi connectivity index (χ1v) is 27.3. The minimum absolute atomic E-state index is 0.0295. The molecule has 0 aliphatic carbocycles. The van der Waals surface area contributed by atoms with Gasteiger partial charge in [0, 0.05) is 11.9 Å². The summed E-state index contributed by atoms with van der Waals surface area (Å²) in [6.07, 6.45) is 0.515. The number of nitrogens with zero attached hydrogens (tertiary/aromatic N) is 5. The maximum Gasteiger partial charge on any atom is 0.418 e. The van der Waals surface area contributed by atoms with Crippen LogP contribution in [0.4, 0.5) is 19.5 Å². The SMILES string of the molecule is CC(C)(C)OC(=O)NCCCn1cc(-c2ccc3c(c2)CC[C@H]([C@](C)(O/N=C(\C(=O)N[C@@H]2C(=O)N(OS(=O)(=O)O)C2(C)C)c2csc(NC(=O)OC(C)(C)C)n2)C(=O)OC(C)(C)C)O3)c[n+]1C[C@@H](O)CNC(=O)OC(C)(C)C. The first-order chi connectivity index (χ1) is 35.7. The third kappa shape index (κ3) is 17.7. The number of oxime groups is 1. The van der Waals surface area contributed by atoms with E-state index in [0.29, 0.717) is 36.7 Å². The Morgan fingerprint density at radius 3 is 2.09 bits per heavy atom. The van der Waals surface area contributed by atoms with Gasteiger partial charge >= 0.3 is 34.6 Å². The average Bonchev–Trinajstić information content (AvgIpc) is 3.91. The van der Waals surface area contributed by atoms with E-state index in [2.05, 4.69) is 35.7 Å². The second-order valence-electron chi connectivity index (χ2n) is 23.3. The highest BCUT2D eigenvalue weighted by Crippen LogP contribution is 2.38. The number of aliphatic hydroxyl groups is 1. The lowest BCUT2D eigenvalue weighted by Gasteiger charge is -2.50. The number of esters is 1. The lowest BCUT2D eigenvalue weighted by molar-refractivity contribution is -0.780. The average molecular weight is 1140 g/mol. The minimum Gasteiger partial charge on any atom is -0.485 e. The summed E-state index contributed by atoms with van der Waals surface area (Å²) < 4.78 is 68.8. The van der Waals surface area contributed by atoms with Gasteiger partial charge in [-0.3, -0.25) is 19.5 Å². The molecule has 0 saturated carbocycles. The summed E-state index contributed by atoms with van der Waals surface area (Å²) in [6, 6.07) is 4.01. The predicted octanol–water partition coefficient (Wildman–Crippen LogP) is 5.10. The third-order valence-corrected chi connectivity index (χ3v) is 12.3. The Balaban J connectivity index is 1.45. The monoisotopic (exact) mass is 1140 g/mol. The van der Waals surface area contributed by atoms with Gasteiger partial charge in [-0.15, -0.1) is 20.3 Å². The van der Waals surface area contributed by atoms with Crippen molar-refractivity contribution in [1.82, 2.24) is 30.7 Å². The zero-order valence-corrected chi connectivity index (χ0v) is 48.3. The van der Waals surface area contributed by atoms with E-state index in [0.717, 1.165) is 28.0 Å². The molecule has 5 amide bonds. The smallest absolute Gasteiger partial charge is 0.418 e. The number of rotatable bonds is 19. The van der Waals surface area contributed by atoms with Crippen LogP contribution in [0, 0.1) is 0 Å². The number of aliphatic hydroxyl groups excluding tert-OH is 1. The van der Waals surface area contributed by atoms with Gasteiger partial charge in [0.2, 0.25) is 6.20 Å². The number of β-lactam (4-membered cyclic amide) rings is 1. The van der Waals surface area contributed by atoms with Crippen LogP contribution in [0.2, 0.25) is 0 Å². The van der Waals surface area contributed by atoms with Crippen molar-refractivity contribution < 1.29 is 84.3 Å². The van der Waals surface area contributed by atoms with Crippen molar-refractivity contribution in [3.05, 3.63) is 47.2 Å². The number of aromatic nitrogens is 3. The summed E-state index contributed by atoms with van der Waals surface area (Å²) >= 11 is 0.883. The predicted molar refractivity (Wildman–Crippen MR) is 281 cm³/mol. The van der Waals surface area contributed by atoms with Crippen molar-refractivity contribution in [3.8, 4) is 16.9 Å². The quantitative estimate of drug-likeness (QED) is 0.0133. The highest BCUT2D eigenvalue weighted by Gasteiger charge is 2.58. The second-order valence-corrected chi connectivity index (χ2v) is 25.1. The van der Waals surface area contributed by atoms with Crippen LogP contribution in [0.15, 0.2) is 41.1 Å². The fourth-order valence-corrected chi connectivity index (χ4v) is 8.84. The largest absolute Gasteiger partial charge is 0.485 e. The van der Waals surface area contributed by atoms with Gasteiger partial charge in [-0.25, -0.2) is 24.2 Å². The van der Waals surface area contributed by atoms with Crippen molar-refractivity contribution in [3.63, 3.8) is 0 Å². The number of fused-ring (bicyclic) bond motifs is 1. The Morgan fingerprint density at radius 2 is 1.50 bits per heavy atom. The molecular formula is C50H74N9O17S2+. The highest BCUT2D eigenvalue weighted by molar-refractivity contribution is 7.80. The first kappa shape index (κ1) is 62.2. The van der Waals surface area contributed by atoms with E-state index >= 15 is 0 Å². The Morgan fingerprint density at radius 1 is 0.897 bits per heavy atom. The number of benzene rings is 1. The molecule has 26 nitrogen and oxygen atoms in total. The van der Waals surface area contributed by atoms with Crippen molar-refractivity contribution >= 4 is 68.6 Å². The van der Waals surface area contributed by atoms with E-state index in [-0.39, 0.29) is 30.3 Å². The second kappa shape index (κ2) is 23.8. The molecular weight excluding hydrogens is 1060 g/mol. The van der Waals surface area contributed by atoms with Gasteiger partial charge in [0.25, 0.3) is 17.4 Å². The number of hydroxylamine groups is 2. The molecule has 78 heavy (non-hydrogen) atoms. The van der Waals surface area contributed by atoms with E-state index in [1.165, 1.54) is 26.2 Å². The molecule has 0 unspecified atom stereocenters. The fraction of sp³-hybridized carbons (Fsp3) is 0.620. The van der Waals surface area contributed by atoms with Crippen LogP contribution < -0.4 is 30.7 Å². The summed E-state index contributed by atoms with van der Waals surface area (Å²) in [4.78, 5) is 89.5. The number of carbonyl (C=O) groups excluding carboxylic acids is 6. The van der Waals surface area contributed by atoms with Gasteiger partial charge in [-0.05, 0) is 146 Å². The van der Waals surface area contributed by atoms with Gasteiger partial charge < -0.3 is 49.6 Å². The number of hydrogen-bond acceptors (Lipinski definition) is 19. The van der Waals surface area contributed by atoms with Crippen LogP contribution in [0.1, 0.15) is 128 Å². The summed E-state index contributed by atoms with van der Waals surface area (Å²) in [6.45, 7) is 25.2. The Hall–Kier alpha value is -6.62. The molecule has 1 fully saturated rings. The molecule has 4 heterocycles. The van der Waals surface area contributed by atoms with E-state index in [1.54, 1.807) is 99.9 Å². The van der Waals surface area contributed by atoms with Gasteiger partial charge in [0.05, 0.1) is 30.4 Å². The van der Waals surface area contributed by atoms with Crippen LogP contribution in [-0.4, -0.2) is 139 Å². The highest BCUT2D eigenvalue weighted by atomic mass is 32.3. The van der Waals surface area contributed by atoms with E-state index in [1.807, 2.05) is 23.1 Å². The topological polar surface area (TPSA) is 327 Å².